The average Bonchev–Trinajstić information content (AvgIpc) is 3.49. The lowest BCUT2D eigenvalue weighted by Gasteiger charge is -2.18. The molecule has 1 aliphatic rings. The molecule has 0 bridgehead atoms. The number of pyridine rings is 1. The minimum absolute atomic E-state index is 0.0280. The molecule has 1 amide bonds. The van der Waals surface area contributed by atoms with E-state index in [1.165, 1.54) is 18.2 Å². The highest BCUT2D eigenvalue weighted by Gasteiger charge is 2.56. The lowest BCUT2D eigenvalue weighted by molar-refractivity contribution is 0.100. The number of hydrogen-bond acceptors (Lipinski definition) is 8. The highest BCUT2D eigenvalue weighted by molar-refractivity contribution is 7.87. The summed E-state index contributed by atoms with van der Waals surface area (Å²) in [7, 11) is -4.38. The Morgan fingerprint density at radius 3 is 2.53 bits per heavy atom. The third-order valence-corrected chi connectivity index (χ3v) is 6.69. The molecule has 0 saturated heterocycles. The number of carbonyl (C=O) groups excluding carboxylic acids is 1. The van der Waals surface area contributed by atoms with E-state index in [1.807, 2.05) is 0 Å². The van der Waals surface area contributed by atoms with E-state index in [0.29, 0.717) is 34.5 Å². The number of nitrogen functional groups attached to an aromatic ring is 1. The Balaban J connectivity index is 1.98. The molecule has 3 aromatic rings. The number of amides is 1. The molecule has 4 rings (SSSR count). The predicted molar refractivity (Wildman–Crippen MR) is 109 cm³/mol. The number of benzene rings is 1. The van der Waals surface area contributed by atoms with Crippen LogP contribution in [0, 0.1) is 0 Å². The molecule has 2 heterocycles. The number of carbonyl (C=O) groups is 1. The second kappa shape index (κ2) is 6.89. The quantitative estimate of drug-likeness (QED) is 0.493. The van der Waals surface area contributed by atoms with Gasteiger partial charge in [-0.25, -0.2) is 9.97 Å². The van der Waals surface area contributed by atoms with E-state index in [-0.39, 0.29) is 30.2 Å². The number of anilines is 1. The molecule has 1 fully saturated rings. The van der Waals surface area contributed by atoms with Gasteiger partial charge in [-0.3, -0.25) is 9.35 Å². The summed E-state index contributed by atoms with van der Waals surface area (Å²) >= 11 is 0. The van der Waals surface area contributed by atoms with Crippen LogP contribution >= 0.6 is 0 Å². The Morgan fingerprint density at radius 1 is 1.20 bits per heavy atom. The zero-order chi connectivity index (χ0) is 21.7. The maximum absolute atomic E-state index is 12.1. The Labute approximate surface area is 172 Å². The van der Waals surface area contributed by atoms with Gasteiger partial charge in [0.2, 0.25) is 17.7 Å². The monoisotopic (exact) mass is 429 g/mol. The van der Waals surface area contributed by atoms with Gasteiger partial charge in [0.25, 0.3) is 10.1 Å². The van der Waals surface area contributed by atoms with Gasteiger partial charge in [0.15, 0.2) is 5.52 Å². The molecule has 1 aromatic carbocycles. The molecule has 11 heteroatoms. The molecular weight excluding hydrogens is 410 g/mol. The van der Waals surface area contributed by atoms with E-state index >= 15 is 0 Å². The molecule has 0 spiro atoms. The van der Waals surface area contributed by atoms with Crippen molar-refractivity contribution in [1.29, 1.82) is 0 Å². The average molecular weight is 429 g/mol. The van der Waals surface area contributed by atoms with Crippen LogP contribution in [0.2, 0.25) is 0 Å². The van der Waals surface area contributed by atoms with E-state index in [1.54, 1.807) is 19.1 Å². The molecular formula is C19H19N5O5S. The Hall–Kier alpha value is -3.31. The first-order valence-corrected chi connectivity index (χ1v) is 10.6. The molecule has 10 nitrogen and oxygen atoms in total. The van der Waals surface area contributed by atoms with Gasteiger partial charge in [0.05, 0.1) is 17.8 Å². The van der Waals surface area contributed by atoms with Gasteiger partial charge in [-0.1, -0.05) is 6.07 Å². The van der Waals surface area contributed by atoms with Crippen molar-refractivity contribution in [2.24, 2.45) is 5.73 Å². The van der Waals surface area contributed by atoms with Crippen LogP contribution in [-0.4, -0.2) is 40.4 Å². The van der Waals surface area contributed by atoms with E-state index in [4.69, 9.17) is 16.2 Å². The van der Waals surface area contributed by atoms with Crippen molar-refractivity contribution >= 4 is 33.0 Å². The smallest absolute Gasteiger partial charge is 0.274 e. The summed E-state index contributed by atoms with van der Waals surface area (Å²) in [6, 6.07) is 7.66. The number of hydrogen-bond donors (Lipinski definition) is 3. The second-order valence-electron chi connectivity index (χ2n) is 6.98. The van der Waals surface area contributed by atoms with Crippen molar-refractivity contribution in [2.75, 3.05) is 12.3 Å². The molecule has 30 heavy (non-hydrogen) atoms. The fourth-order valence-electron chi connectivity index (χ4n) is 3.48. The first kappa shape index (κ1) is 20.0. The van der Waals surface area contributed by atoms with E-state index in [2.05, 4.69) is 15.0 Å². The number of nitrogens with zero attached hydrogens (tertiary/aromatic N) is 3. The van der Waals surface area contributed by atoms with Crippen LogP contribution in [0.15, 0.2) is 30.3 Å². The van der Waals surface area contributed by atoms with Crippen LogP contribution in [0.5, 0.6) is 5.88 Å². The Bertz CT molecular complexity index is 1290. The van der Waals surface area contributed by atoms with E-state index in [0.717, 1.165) is 0 Å². The van der Waals surface area contributed by atoms with Crippen LogP contribution < -0.4 is 16.2 Å². The van der Waals surface area contributed by atoms with Gasteiger partial charge in [-0.05, 0) is 49.6 Å². The zero-order valence-corrected chi connectivity index (χ0v) is 16.8. The van der Waals surface area contributed by atoms with Crippen molar-refractivity contribution in [3.8, 4) is 17.1 Å². The fraction of sp³-hybridized carbons (Fsp3) is 0.263. The van der Waals surface area contributed by atoms with Crippen molar-refractivity contribution < 1.29 is 22.5 Å². The van der Waals surface area contributed by atoms with Gasteiger partial charge in [-0.2, -0.15) is 13.4 Å². The molecule has 1 saturated carbocycles. The molecule has 1 aliphatic carbocycles. The van der Waals surface area contributed by atoms with E-state index < -0.39 is 20.8 Å². The first-order valence-electron chi connectivity index (χ1n) is 9.15. The highest BCUT2D eigenvalue weighted by atomic mass is 32.2. The third kappa shape index (κ3) is 3.21. The van der Waals surface area contributed by atoms with Gasteiger partial charge in [-0.15, -0.1) is 0 Å². The summed E-state index contributed by atoms with van der Waals surface area (Å²) in [6.07, 6.45) is 0.512. The van der Waals surface area contributed by atoms with Crippen molar-refractivity contribution in [3.05, 3.63) is 41.5 Å². The topological polar surface area (TPSA) is 171 Å². The van der Waals surface area contributed by atoms with Crippen LogP contribution in [0.4, 0.5) is 5.95 Å². The number of primary amides is 1. The van der Waals surface area contributed by atoms with Gasteiger partial charge >= 0.3 is 0 Å². The highest BCUT2D eigenvalue weighted by Crippen LogP contribution is 2.54. The normalized spacial score (nSPS) is 15.1. The third-order valence-electron chi connectivity index (χ3n) is 5.08. The van der Waals surface area contributed by atoms with Crippen LogP contribution in [0.1, 0.15) is 35.7 Å². The van der Waals surface area contributed by atoms with Gasteiger partial charge in [0.1, 0.15) is 4.75 Å². The first-order chi connectivity index (χ1) is 14.2. The van der Waals surface area contributed by atoms with Gasteiger partial charge < -0.3 is 16.2 Å². The van der Waals surface area contributed by atoms with Crippen molar-refractivity contribution in [3.63, 3.8) is 0 Å². The summed E-state index contributed by atoms with van der Waals surface area (Å²) in [5.41, 5.74) is 13.1. The Morgan fingerprint density at radius 2 is 1.93 bits per heavy atom. The summed E-state index contributed by atoms with van der Waals surface area (Å²) in [5.74, 6) is -0.461. The summed E-state index contributed by atoms with van der Waals surface area (Å²) in [5, 5.41) is 0. The molecule has 2 aromatic heterocycles. The number of rotatable bonds is 6. The molecule has 156 valence electrons. The number of aromatic nitrogens is 3. The SMILES string of the molecule is CCOc1nc(N)nc2ccc(-c3cc(C(N)=O)ccc3C3(S(=O)(=O)O)CC3)nc12. The van der Waals surface area contributed by atoms with Crippen molar-refractivity contribution in [1.82, 2.24) is 15.0 Å². The minimum atomic E-state index is -4.38. The lowest BCUT2D eigenvalue weighted by Crippen LogP contribution is -2.21. The Kier molecular flexibility index (Phi) is 4.59. The second-order valence-corrected chi connectivity index (χ2v) is 8.71. The van der Waals surface area contributed by atoms with E-state index in [9.17, 15) is 17.8 Å². The van der Waals surface area contributed by atoms with Gasteiger partial charge in [0, 0.05) is 11.1 Å². The molecule has 0 atom stereocenters. The van der Waals surface area contributed by atoms with Crippen molar-refractivity contribution in [2.45, 2.75) is 24.5 Å². The van der Waals surface area contributed by atoms with Crippen LogP contribution in [-0.2, 0) is 14.9 Å². The van der Waals surface area contributed by atoms with Crippen LogP contribution in [0.3, 0.4) is 0 Å². The number of fused-ring (bicyclic) bond motifs is 1. The maximum Gasteiger partial charge on any atom is 0.274 e. The van der Waals surface area contributed by atoms with Crippen LogP contribution in [0.25, 0.3) is 22.3 Å². The standard InChI is InChI=1S/C19H19N5O5S/c1-2-29-17-15-14(23-18(21)24-17)6-5-13(22-15)11-9-10(16(20)25)3-4-12(11)19(7-8-19)30(26,27)28/h3-6,9H,2,7-8H2,1H3,(H2,20,25)(H2,21,23,24)(H,26,27,28). The predicted octanol–water partition coefficient (Wildman–Crippen LogP) is 1.65. The fourth-order valence-corrected chi connectivity index (χ4v) is 4.55. The molecule has 5 N–H and O–H groups in total. The molecule has 0 unspecified atom stereocenters. The maximum atomic E-state index is 12.1. The number of ether oxygens (including phenoxy) is 1. The zero-order valence-electron chi connectivity index (χ0n) is 16.0. The summed E-state index contributed by atoms with van der Waals surface area (Å²) in [4.78, 5) is 24.5. The molecule has 0 aliphatic heterocycles. The molecule has 0 radical (unpaired) electrons. The number of nitrogens with two attached hydrogens (primary N) is 2. The lowest BCUT2D eigenvalue weighted by atomic mass is 9.96. The largest absolute Gasteiger partial charge is 0.476 e. The summed E-state index contributed by atoms with van der Waals surface area (Å²) in [6.45, 7) is 2.11. The summed E-state index contributed by atoms with van der Waals surface area (Å²) < 4.78 is 38.1. The minimum Gasteiger partial charge on any atom is -0.476 e.